The van der Waals surface area contributed by atoms with Gasteiger partial charge in [-0.2, -0.15) is 0 Å². The monoisotopic (exact) mass is 255 g/mol. The zero-order valence-corrected chi connectivity index (χ0v) is 12.9. The van der Waals surface area contributed by atoms with Crippen LogP contribution in [-0.4, -0.2) is 36.0 Å². The van der Waals surface area contributed by atoms with Crippen LogP contribution in [0.1, 0.15) is 39.5 Å². The largest absolute Gasteiger partial charge is 1.00 e. The molecule has 4 nitrogen and oxygen atoms in total. The van der Waals surface area contributed by atoms with E-state index in [1.807, 2.05) is 6.92 Å². The molecule has 0 saturated heterocycles. The Hall–Kier alpha value is -0.130. The SMILES string of the molecule is CCCCC(F)C(=O)N(CCC)CC(=O)[O-].[Na+]. The molecule has 17 heavy (non-hydrogen) atoms. The summed E-state index contributed by atoms with van der Waals surface area (Å²) < 4.78 is 13.4. The summed E-state index contributed by atoms with van der Waals surface area (Å²) in [6.45, 7) is 3.43. The molecule has 0 aliphatic carbocycles. The number of amides is 1. The molecule has 0 bridgehead atoms. The normalized spacial score (nSPS) is 11.5. The van der Waals surface area contributed by atoms with Gasteiger partial charge in [0.15, 0.2) is 6.17 Å². The molecule has 0 heterocycles. The summed E-state index contributed by atoms with van der Waals surface area (Å²) in [5.41, 5.74) is 0. The molecule has 0 saturated carbocycles. The molecule has 6 heteroatoms. The van der Waals surface area contributed by atoms with Crippen LogP contribution in [0.25, 0.3) is 0 Å². The summed E-state index contributed by atoms with van der Waals surface area (Å²) >= 11 is 0. The maximum atomic E-state index is 13.4. The zero-order valence-electron chi connectivity index (χ0n) is 10.9. The minimum absolute atomic E-state index is 0. The van der Waals surface area contributed by atoms with E-state index in [0.717, 1.165) is 11.3 Å². The fraction of sp³-hybridized carbons (Fsp3) is 0.818. The first kappa shape index (κ1) is 19.2. The topological polar surface area (TPSA) is 60.4 Å². The molecule has 0 aliphatic heterocycles. The second-order valence-electron chi connectivity index (χ2n) is 3.74. The van der Waals surface area contributed by atoms with E-state index >= 15 is 0 Å². The number of nitrogens with zero attached hydrogens (tertiary/aromatic N) is 1. The number of rotatable bonds is 8. The fourth-order valence-electron chi connectivity index (χ4n) is 1.40. The average Bonchev–Trinajstić information content (AvgIpc) is 2.23. The van der Waals surface area contributed by atoms with Crippen molar-refractivity contribution in [1.82, 2.24) is 4.90 Å². The Bertz CT molecular complexity index is 239. The Morgan fingerprint density at radius 2 is 1.88 bits per heavy atom. The van der Waals surface area contributed by atoms with Crippen LogP contribution in [0.3, 0.4) is 0 Å². The van der Waals surface area contributed by atoms with E-state index in [2.05, 4.69) is 0 Å². The minimum Gasteiger partial charge on any atom is -0.548 e. The van der Waals surface area contributed by atoms with Gasteiger partial charge in [-0.15, -0.1) is 0 Å². The van der Waals surface area contributed by atoms with Gasteiger partial charge in [-0.25, -0.2) is 4.39 Å². The number of aliphatic carboxylic acids is 1. The molecule has 1 amide bonds. The van der Waals surface area contributed by atoms with Crippen LogP contribution < -0.4 is 34.7 Å². The molecule has 0 aromatic carbocycles. The third-order valence-electron chi connectivity index (χ3n) is 2.20. The number of carbonyl (C=O) groups excluding carboxylic acids is 2. The van der Waals surface area contributed by atoms with E-state index in [1.54, 1.807) is 6.92 Å². The minimum atomic E-state index is -1.59. The van der Waals surface area contributed by atoms with E-state index in [9.17, 15) is 19.1 Å². The second kappa shape index (κ2) is 11.0. The van der Waals surface area contributed by atoms with E-state index in [4.69, 9.17) is 0 Å². The van der Waals surface area contributed by atoms with Crippen molar-refractivity contribution >= 4 is 11.9 Å². The van der Waals surface area contributed by atoms with Crippen molar-refractivity contribution in [2.75, 3.05) is 13.1 Å². The van der Waals surface area contributed by atoms with Crippen LogP contribution in [-0.2, 0) is 9.59 Å². The number of hydrogen-bond donors (Lipinski definition) is 0. The summed E-state index contributed by atoms with van der Waals surface area (Å²) in [6.07, 6.45) is 0.591. The first-order valence-corrected chi connectivity index (χ1v) is 5.65. The maximum Gasteiger partial charge on any atom is 1.00 e. The molecule has 0 aromatic heterocycles. The summed E-state index contributed by atoms with van der Waals surface area (Å²) in [5.74, 6) is -2.09. The predicted octanol–water partition coefficient (Wildman–Crippen LogP) is -2.49. The molecule has 0 N–H and O–H groups in total. The molecule has 1 atom stereocenters. The molecule has 0 radical (unpaired) electrons. The molecule has 1 unspecified atom stereocenters. The number of carboxylic acid groups (broad SMARTS) is 1. The van der Waals surface area contributed by atoms with Gasteiger partial charge in [-0.1, -0.05) is 26.7 Å². The number of hydrogen-bond acceptors (Lipinski definition) is 3. The van der Waals surface area contributed by atoms with Crippen LogP contribution in [0, 0.1) is 0 Å². The van der Waals surface area contributed by atoms with Crippen LogP contribution in [0.5, 0.6) is 0 Å². The Balaban J connectivity index is 0. The molecule has 0 aromatic rings. The van der Waals surface area contributed by atoms with E-state index in [1.165, 1.54) is 0 Å². The first-order chi connectivity index (χ1) is 7.52. The van der Waals surface area contributed by atoms with Gasteiger partial charge in [0.2, 0.25) is 0 Å². The zero-order chi connectivity index (χ0) is 12.6. The van der Waals surface area contributed by atoms with Crippen LogP contribution >= 0.6 is 0 Å². The van der Waals surface area contributed by atoms with Gasteiger partial charge in [0, 0.05) is 6.54 Å². The third-order valence-corrected chi connectivity index (χ3v) is 2.20. The molecule has 0 spiro atoms. The number of unbranched alkanes of at least 4 members (excludes halogenated alkanes) is 1. The van der Waals surface area contributed by atoms with Gasteiger partial charge in [0.25, 0.3) is 5.91 Å². The van der Waals surface area contributed by atoms with Crippen LogP contribution in [0.2, 0.25) is 0 Å². The van der Waals surface area contributed by atoms with Crippen molar-refractivity contribution in [1.29, 1.82) is 0 Å². The number of carboxylic acids is 1. The van der Waals surface area contributed by atoms with Crippen molar-refractivity contribution < 1.29 is 48.6 Å². The van der Waals surface area contributed by atoms with Gasteiger partial charge in [-0.05, 0) is 12.8 Å². The maximum absolute atomic E-state index is 13.4. The molecular weight excluding hydrogens is 236 g/mol. The van der Waals surface area contributed by atoms with Crippen molar-refractivity contribution in [3.8, 4) is 0 Å². The predicted molar refractivity (Wildman–Crippen MR) is 56.3 cm³/mol. The summed E-state index contributed by atoms with van der Waals surface area (Å²) in [7, 11) is 0. The smallest absolute Gasteiger partial charge is 0.548 e. The molecule has 0 rings (SSSR count). The quantitative estimate of drug-likeness (QED) is 0.451. The van der Waals surface area contributed by atoms with E-state index < -0.39 is 24.6 Å². The summed E-state index contributed by atoms with van der Waals surface area (Å²) in [4.78, 5) is 22.9. The molecule has 0 aliphatic rings. The molecule has 94 valence electrons. The Kier molecular flexibility index (Phi) is 12.4. The summed E-state index contributed by atoms with van der Waals surface area (Å²) in [5, 5.41) is 10.4. The first-order valence-electron chi connectivity index (χ1n) is 5.65. The van der Waals surface area contributed by atoms with Crippen molar-refractivity contribution in [3.05, 3.63) is 0 Å². The van der Waals surface area contributed by atoms with Gasteiger partial charge >= 0.3 is 29.6 Å². The van der Waals surface area contributed by atoms with Gasteiger partial charge < -0.3 is 14.8 Å². The van der Waals surface area contributed by atoms with Crippen LogP contribution in [0.4, 0.5) is 4.39 Å². The average molecular weight is 255 g/mol. The van der Waals surface area contributed by atoms with E-state index in [0.29, 0.717) is 12.8 Å². The van der Waals surface area contributed by atoms with Crippen molar-refractivity contribution in [2.45, 2.75) is 45.7 Å². The van der Waals surface area contributed by atoms with Crippen molar-refractivity contribution in [3.63, 3.8) is 0 Å². The van der Waals surface area contributed by atoms with Crippen LogP contribution in [0.15, 0.2) is 0 Å². The number of alkyl halides is 1. The van der Waals surface area contributed by atoms with Crippen molar-refractivity contribution in [2.24, 2.45) is 0 Å². The number of carbonyl (C=O) groups is 2. The van der Waals surface area contributed by atoms with Gasteiger partial charge in [-0.3, -0.25) is 4.79 Å². The Morgan fingerprint density at radius 1 is 1.29 bits per heavy atom. The van der Waals surface area contributed by atoms with Gasteiger partial charge in [0.05, 0.1) is 12.5 Å². The molecular formula is C11H19FNNaO3. The standard InChI is InChI=1S/C11H20FNO3.Na/c1-3-5-6-9(12)11(16)13(7-4-2)8-10(14)15;/h9H,3-8H2,1-2H3,(H,14,15);/q;+1/p-1. The Morgan fingerprint density at radius 3 is 2.29 bits per heavy atom. The summed E-state index contributed by atoms with van der Waals surface area (Å²) in [6, 6.07) is 0. The third kappa shape index (κ3) is 8.57. The Labute approximate surface area is 124 Å². The van der Waals surface area contributed by atoms with Gasteiger partial charge in [0.1, 0.15) is 0 Å². The fourth-order valence-corrected chi connectivity index (χ4v) is 1.40. The van der Waals surface area contributed by atoms with E-state index in [-0.39, 0.29) is 42.5 Å². The second-order valence-corrected chi connectivity index (χ2v) is 3.74. The molecule has 0 fully saturated rings. The number of halogens is 1.